The van der Waals surface area contributed by atoms with E-state index in [2.05, 4.69) is 5.32 Å². The normalized spacial score (nSPS) is 10.7. The summed E-state index contributed by atoms with van der Waals surface area (Å²) in [4.78, 5) is 22.1. The minimum Gasteiger partial charge on any atom is -0.491 e. The molecule has 0 aliphatic heterocycles. The predicted octanol–water partition coefficient (Wildman–Crippen LogP) is 3.66. The molecule has 0 saturated heterocycles. The summed E-state index contributed by atoms with van der Waals surface area (Å²) in [7, 11) is 0. The van der Waals surface area contributed by atoms with Crippen LogP contribution in [-0.4, -0.2) is 30.7 Å². The highest BCUT2D eigenvalue weighted by Crippen LogP contribution is 2.16. The van der Waals surface area contributed by atoms with Gasteiger partial charge in [0.05, 0.1) is 11.5 Å². The molecule has 0 bridgehead atoms. The van der Waals surface area contributed by atoms with E-state index < -0.39 is 4.92 Å². The van der Waals surface area contributed by atoms with E-state index in [1.165, 1.54) is 18.2 Å². The number of anilines is 1. The highest BCUT2D eigenvalue weighted by Gasteiger charge is 2.03. The first-order chi connectivity index (χ1) is 12.6. The second-order valence-corrected chi connectivity index (χ2v) is 5.24. The number of nitrogens with zero attached hydrogens (tertiary/aromatic N) is 1. The Hall–Kier alpha value is -3.19. The molecule has 0 radical (unpaired) electrons. The van der Waals surface area contributed by atoms with Crippen molar-refractivity contribution in [3.63, 3.8) is 0 Å². The molecule has 0 spiro atoms. The van der Waals surface area contributed by atoms with Crippen molar-refractivity contribution in [2.45, 2.75) is 6.92 Å². The molecule has 1 amide bonds. The van der Waals surface area contributed by atoms with Gasteiger partial charge in [0.25, 0.3) is 5.69 Å². The fourth-order valence-corrected chi connectivity index (χ4v) is 2.06. The molecule has 0 saturated carbocycles. The van der Waals surface area contributed by atoms with Crippen LogP contribution in [0.1, 0.15) is 12.5 Å². The molecule has 136 valence electrons. The van der Waals surface area contributed by atoms with Crippen molar-refractivity contribution >= 4 is 23.4 Å². The summed E-state index contributed by atoms with van der Waals surface area (Å²) in [5.74, 6) is 0.400. The van der Waals surface area contributed by atoms with Crippen LogP contribution in [0.25, 0.3) is 6.08 Å². The van der Waals surface area contributed by atoms with E-state index in [0.29, 0.717) is 36.8 Å². The summed E-state index contributed by atoms with van der Waals surface area (Å²) in [6, 6.07) is 13.0. The fraction of sp³-hybridized carbons (Fsp3) is 0.211. The largest absolute Gasteiger partial charge is 0.491 e. The average molecular weight is 356 g/mol. The molecule has 0 aromatic heterocycles. The molecule has 0 atom stereocenters. The summed E-state index contributed by atoms with van der Waals surface area (Å²) in [6.45, 7) is 3.58. The molecule has 26 heavy (non-hydrogen) atoms. The first-order valence-corrected chi connectivity index (χ1v) is 8.12. The summed E-state index contributed by atoms with van der Waals surface area (Å²) >= 11 is 0. The molecule has 2 aromatic rings. The van der Waals surface area contributed by atoms with Crippen LogP contribution in [0.5, 0.6) is 5.75 Å². The lowest BCUT2D eigenvalue weighted by molar-refractivity contribution is -0.384. The standard InChI is InChI=1S/C19H20N2O5/c1-2-25-13-14-26-18-10-6-16(7-11-18)20-19(22)12-5-15-3-8-17(9-4-15)21(23)24/h3-12H,2,13-14H2,1H3,(H,20,22)/b12-5+. The molecule has 7 nitrogen and oxygen atoms in total. The lowest BCUT2D eigenvalue weighted by Crippen LogP contribution is -2.08. The van der Waals surface area contributed by atoms with Crippen molar-refractivity contribution in [2.75, 3.05) is 25.1 Å². The number of ether oxygens (including phenoxy) is 2. The van der Waals surface area contributed by atoms with Crippen LogP contribution >= 0.6 is 0 Å². The monoisotopic (exact) mass is 356 g/mol. The number of hydrogen-bond acceptors (Lipinski definition) is 5. The lowest BCUT2D eigenvalue weighted by Gasteiger charge is -2.07. The van der Waals surface area contributed by atoms with Gasteiger partial charge in [-0.3, -0.25) is 14.9 Å². The van der Waals surface area contributed by atoms with Crippen molar-refractivity contribution in [1.29, 1.82) is 0 Å². The van der Waals surface area contributed by atoms with Crippen LogP contribution in [0.15, 0.2) is 54.6 Å². The molecular weight excluding hydrogens is 336 g/mol. The Balaban J connectivity index is 1.84. The molecular formula is C19H20N2O5. The minimum absolute atomic E-state index is 0.00941. The lowest BCUT2D eigenvalue weighted by atomic mass is 10.2. The second-order valence-electron chi connectivity index (χ2n) is 5.24. The van der Waals surface area contributed by atoms with Crippen molar-refractivity contribution in [3.05, 3.63) is 70.3 Å². The number of nitro benzene ring substituents is 1. The van der Waals surface area contributed by atoms with Gasteiger partial charge in [-0.05, 0) is 55.0 Å². The maximum atomic E-state index is 11.9. The van der Waals surface area contributed by atoms with E-state index in [4.69, 9.17) is 9.47 Å². The smallest absolute Gasteiger partial charge is 0.269 e. The van der Waals surface area contributed by atoms with Gasteiger partial charge in [-0.2, -0.15) is 0 Å². The van der Waals surface area contributed by atoms with Crippen LogP contribution in [0.3, 0.4) is 0 Å². The van der Waals surface area contributed by atoms with E-state index in [1.54, 1.807) is 42.5 Å². The number of carbonyl (C=O) groups excluding carboxylic acids is 1. The molecule has 0 aliphatic rings. The minimum atomic E-state index is -0.468. The molecule has 0 heterocycles. The molecule has 1 N–H and O–H groups in total. The summed E-state index contributed by atoms with van der Waals surface area (Å²) < 4.78 is 10.7. The number of amides is 1. The third-order valence-electron chi connectivity index (χ3n) is 3.35. The highest BCUT2D eigenvalue weighted by atomic mass is 16.6. The number of nitrogens with one attached hydrogen (secondary N) is 1. The Morgan fingerprint density at radius 3 is 2.42 bits per heavy atom. The Kier molecular flexibility index (Phi) is 7.32. The van der Waals surface area contributed by atoms with Gasteiger partial charge >= 0.3 is 0 Å². The van der Waals surface area contributed by atoms with Gasteiger partial charge in [0.15, 0.2) is 0 Å². The topological polar surface area (TPSA) is 90.7 Å². The number of carbonyl (C=O) groups is 1. The van der Waals surface area contributed by atoms with Crippen LogP contribution in [-0.2, 0) is 9.53 Å². The maximum Gasteiger partial charge on any atom is 0.269 e. The maximum absolute atomic E-state index is 11.9. The summed E-state index contributed by atoms with van der Waals surface area (Å²) in [6.07, 6.45) is 2.96. The van der Waals surface area contributed by atoms with Gasteiger partial charge in [0.2, 0.25) is 5.91 Å². The van der Waals surface area contributed by atoms with Gasteiger partial charge in [0, 0.05) is 30.5 Å². The number of nitro groups is 1. The number of benzene rings is 2. The van der Waals surface area contributed by atoms with Gasteiger partial charge in [-0.1, -0.05) is 0 Å². The molecule has 2 aromatic carbocycles. The zero-order valence-electron chi connectivity index (χ0n) is 14.4. The average Bonchev–Trinajstić information content (AvgIpc) is 2.65. The first kappa shape index (κ1) is 19.1. The molecule has 7 heteroatoms. The van der Waals surface area contributed by atoms with Crippen LogP contribution < -0.4 is 10.1 Å². The first-order valence-electron chi connectivity index (χ1n) is 8.12. The fourth-order valence-electron chi connectivity index (χ4n) is 2.06. The van der Waals surface area contributed by atoms with Crippen molar-refractivity contribution < 1.29 is 19.2 Å². The molecule has 0 unspecified atom stereocenters. The molecule has 0 aliphatic carbocycles. The van der Waals surface area contributed by atoms with E-state index in [9.17, 15) is 14.9 Å². The van der Waals surface area contributed by atoms with Crippen molar-refractivity contribution in [3.8, 4) is 5.75 Å². The van der Waals surface area contributed by atoms with E-state index in [1.807, 2.05) is 6.92 Å². The number of hydrogen-bond donors (Lipinski definition) is 1. The Morgan fingerprint density at radius 2 is 1.81 bits per heavy atom. The van der Waals surface area contributed by atoms with Gasteiger partial charge in [0.1, 0.15) is 12.4 Å². The third kappa shape index (κ3) is 6.37. The second kappa shape index (κ2) is 9.95. The quantitative estimate of drug-likeness (QED) is 0.320. The van der Waals surface area contributed by atoms with Gasteiger partial charge in [-0.25, -0.2) is 0 Å². The summed E-state index contributed by atoms with van der Waals surface area (Å²) in [5, 5.41) is 13.3. The Labute approximate surface area is 151 Å². The third-order valence-corrected chi connectivity index (χ3v) is 3.35. The van der Waals surface area contributed by atoms with Crippen LogP contribution in [0.2, 0.25) is 0 Å². The van der Waals surface area contributed by atoms with Crippen molar-refractivity contribution in [1.82, 2.24) is 0 Å². The zero-order valence-corrected chi connectivity index (χ0v) is 14.4. The molecule has 2 rings (SSSR count). The van der Waals surface area contributed by atoms with E-state index in [0.717, 1.165) is 0 Å². The summed E-state index contributed by atoms with van der Waals surface area (Å²) in [5.41, 5.74) is 1.35. The van der Waals surface area contributed by atoms with E-state index in [-0.39, 0.29) is 11.6 Å². The van der Waals surface area contributed by atoms with Crippen molar-refractivity contribution in [2.24, 2.45) is 0 Å². The highest BCUT2D eigenvalue weighted by molar-refractivity contribution is 6.01. The molecule has 0 fully saturated rings. The van der Waals surface area contributed by atoms with Crippen LogP contribution in [0.4, 0.5) is 11.4 Å². The Morgan fingerprint density at radius 1 is 1.12 bits per heavy atom. The van der Waals surface area contributed by atoms with Crippen LogP contribution in [0, 0.1) is 10.1 Å². The number of non-ortho nitro benzene ring substituents is 1. The van der Waals surface area contributed by atoms with Gasteiger partial charge < -0.3 is 14.8 Å². The number of rotatable bonds is 9. The SMILES string of the molecule is CCOCCOc1ccc(NC(=O)/C=C/c2ccc([N+](=O)[O-])cc2)cc1. The van der Waals surface area contributed by atoms with E-state index >= 15 is 0 Å². The van der Waals surface area contributed by atoms with Gasteiger partial charge in [-0.15, -0.1) is 0 Å². The predicted molar refractivity (Wildman–Crippen MR) is 99.2 cm³/mol. The zero-order chi connectivity index (χ0) is 18.8. The Bertz CT molecular complexity index is 755.